The summed E-state index contributed by atoms with van der Waals surface area (Å²) < 4.78 is 21.7. The summed E-state index contributed by atoms with van der Waals surface area (Å²) in [6.45, 7) is 3.23. The highest BCUT2D eigenvalue weighted by Crippen LogP contribution is 2.37. The Morgan fingerprint density at radius 3 is 2.86 bits per heavy atom. The van der Waals surface area contributed by atoms with Gasteiger partial charge in [-0.25, -0.2) is 0 Å². The fourth-order valence-electron chi connectivity index (χ4n) is 2.16. The minimum Gasteiger partial charge on any atom is -0.489 e. The molecule has 0 aromatic heterocycles. The first-order chi connectivity index (χ1) is 10.2. The van der Waals surface area contributed by atoms with Crippen molar-refractivity contribution in [1.82, 2.24) is 5.32 Å². The molecule has 0 fully saturated rings. The standard InChI is InChI=1S/C15H22ClNO4/c1-18-10-12(19-2)9-17-8-11-6-13(16)15-14(7-11)20-4-3-5-21-15/h6-7,12,17H,3-5,8-10H2,1-2H3. The molecule has 5 nitrogen and oxygen atoms in total. The third kappa shape index (κ3) is 4.74. The van der Waals surface area contributed by atoms with Gasteiger partial charge in [-0.15, -0.1) is 0 Å². The zero-order valence-electron chi connectivity index (χ0n) is 12.5. The molecule has 0 amide bonds. The summed E-state index contributed by atoms with van der Waals surface area (Å²) in [7, 11) is 3.34. The lowest BCUT2D eigenvalue weighted by Gasteiger charge is -2.16. The molecule has 1 aromatic carbocycles. The summed E-state index contributed by atoms with van der Waals surface area (Å²) in [5, 5.41) is 3.92. The number of hydrogen-bond donors (Lipinski definition) is 1. The molecule has 0 saturated carbocycles. The molecule has 0 saturated heterocycles. The summed E-state index contributed by atoms with van der Waals surface area (Å²) in [6.07, 6.45) is 0.899. The van der Waals surface area contributed by atoms with Crippen LogP contribution in [0.2, 0.25) is 5.02 Å². The minimum atomic E-state index is 0.0332. The number of halogens is 1. The Hall–Kier alpha value is -1.01. The van der Waals surface area contributed by atoms with Crippen molar-refractivity contribution in [2.75, 3.05) is 40.6 Å². The largest absolute Gasteiger partial charge is 0.489 e. The van der Waals surface area contributed by atoms with Gasteiger partial charge in [-0.05, 0) is 17.7 Å². The fourth-order valence-corrected chi connectivity index (χ4v) is 2.45. The van der Waals surface area contributed by atoms with E-state index in [2.05, 4.69) is 5.32 Å². The zero-order chi connectivity index (χ0) is 15.1. The van der Waals surface area contributed by atoms with Gasteiger partial charge in [0.05, 0.1) is 30.9 Å². The van der Waals surface area contributed by atoms with Crippen LogP contribution in [-0.2, 0) is 16.0 Å². The second kappa shape index (κ2) is 8.44. The SMILES string of the molecule is COCC(CNCc1cc(Cl)c2c(c1)OCCCO2)OC. The van der Waals surface area contributed by atoms with E-state index in [-0.39, 0.29) is 6.10 Å². The molecular weight excluding hydrogens is 294 g/mol. The Balaban J connectivity index is 1.95. The van der Waals surface area contributed by atoms with Crippen molar-refractivity contribution < 1.29 is 18.9 Å². The van der Waals surface area contributed by atoms with Crippen LogP contribution >= 0.6 is 11.6 Å². The van der Waals surface area contributed by atoms with Crippen molar-refractivity contribution in [1.29, 1.82) is 0 Å². The molecule has 1 aliphatic rings. The smallest absolute Gasteiger partial charge is 0.179 e. The molecule has 1 atom stereocenters. The van der Waals surface area contributed by atoms with Gasteiger partial charge in [0.2, 0.25) is 0 Å². The van der Waals surface area contributed by atoms with Gasteiger partial charge in [0.15, 0.2) is 11.5 Å². The molecule has 1 aromatic rings. The lowest BCUT2D eigenvalue weighted by molar-refractivity contribution is 0.0288. The van der Waals surface area contributed by atoms with Crippen LogP contribution in [0.25, 0.3) is 0 Å². The summed E-state index contributed by atoms with van der Waals surface area (Å²) in [4.78, 5) is 0. The second-order valence-corrected chi connectivity index (χ2v) is 5.31. The normalized spacial score (nSPS) is 15.6. The van der Waals surface area contributed by atoms with Crippen molar-refractivity contribution >= 4 is 11.6 Å². The van der Waals surface area contributed by atoms with Gasteiger partial charge in [0.25, 0.3) is 0 Å². The van der Waals surface area contributed by atoms with Crippen LogP contribution in [0.3, 0.4) is 0 Å². The lowest BCUT2D eigenvalue weighted by atomic mass is 10.2. The second-order valence-electron chi connectivity index (χ2n) is 4.90. The quantitative estimate of drug-likeness (QED) is 0.836. The number of rotatable bonds is 7. The third-order valence-corrected chi connectivity index (χ3v) is 3.53. The van der Waals surface area contributed by atoms with Crippen molar-refractivity contribution in [2.24, 2.45) is 0 Å². The maximum Gasteiger partial charge on any atom is 0.179 e. The number of nitrogens with one attached hydrogen (secondary N) is 1. The lowest BCUT2D eigenvalue weighted by Crippen LogP contribution is -2.31. The third-order valence-electron chi connectivity index (χ3n) is 3.25. The first-order valence-electron chi connectivity index (χ1n) is 7.05. The van der Waals surface area contributed by atoms with Crippen molar-refractivity contribution in [2.45, 2.75) is 19.1 Å². The van der Waals surface area contributed by atoms with Crippen molar-refractivity contribution in [3.63, 3.8) is 0 Å². The van der Waals surface area contributed by atoms with Gasteiger partial charge in [0.1, 0.15) is 0 Å². The van der Waals surface area contributed by atoms with E-state index in [1.165, 1.54) is 0 Å². The molecule has 1 N–H and O–H groups in total. The molecule has 1 unspecified atom stereocenters. The monoisotopic (exact) mass is 315 g/mol. The topological polar surface area (TPSA) is 49.0 Å². The average Bonchev–Trinajstić information content (AvgIpc) is 2.72. The van der Waals surface area contributed by atoms with Gasteiger partial charge in [-0.3, -0.25) is 0 Å². The molecule has 118 valence electrons. The highest BCUT2D eigenvalue weighted by molar-refractivity contribution is 6.32. The molecule has 1 aliphatic heterocycles. The summed E-state index contributed by atoms with van der Waals surface area (Å²) in [6, 6.07) is 3.87. The molecule has 2 rings (SSSR count). The summed E-state index contributed by atoms with van der Waals surface area (Å²) >= 11 is 6.26. The van der Waals surface area contributed by atoms with E-state index < -0.39 is 0 Å². The van der Waals surface area contributed by atoms with Crippen LogP contribution in [0.4, 0.5) is 0 Å². The van der Waals surface area contributed by atoms with Gasteiger partial charge >= 0.3 is 0 Å². The zero-order valence-corrected chi connectivity index (χ0v) is 13.2. The maximum absolute atomic E-state index is 6.26. The number of benzene rings is 1. The van der Waals surface area contributed by atoms with E-state index in [0.29, 0.717) is 43.7 Å². The molecular formula is C15H22ClNO4. The molecule has 0 aliphatic carbocycles. The maximum atomic E-state index is 6.26. The summed E-state index contributed by atoms with van der Waals surface area (Å²) in [5.41, 5.74) is 1.05. The van der Waals surface area contributed by atoms with E-state index in [4.69, 9.17) is 30.5 Å². The molecule has 1 heterocycles. The van der Waals surface area contributed by atoms with E-state index in [9.17, 15) is 0 Å². The first kappa shape index (κ1) is 16.4. The fraction of sp³-hybridized carbons (Fsp3) is 0.600. The van der Waals surface area contributed by atoms with Crippen molar-refractivity contribution in [3.8, 4) is 11.5 Å². The van der Waals surface area contributed by atoms with Gasteiger partial charge in [-0.2, -0.15) is 0 Å². The van der Waals surface area contributed by atoms with Crippen LogP contribution in [0.15, 0.2) is 12.1 Å². The Morgan fingerprint density at radius 1 is 1.29 bits per heavy atom. The Bertz CT molecular complexity index is 456. The Kier molecular flexibility index (Phi) is 6.57. The van der Waals surface area contributed by atoms with Crippen molar-refractivity contribution in [3.05, 3.63) is 22.7 Å². The molecule has 0 bridgehead atoms. The Labute approximate surface area is 130 Å². The molecule has 0 spiro atoms. The van der Waals surface area contributed by atoms with E-state index in [1.807, 2.05) is 12.1 Å². The van der Waals surface area contributed by atoms with E-state index in [0.717, 1.165) is 17.7 Å². The van der Waals surface area contributed by atoms with Gasteiger partial charge < -0.3 is 24.3 Å². The highest BCUT2D eigenvalue weighted by atomic mass is 35.5. The molecule has 0 radical (unpaired) electrons. The number of fused-ring (bicyclic) bond motifs is 1. The summed E-state index contributed by atoms with van der Waals surface area (Å²) in [5.74, 6) is 1.36. The van der Waals surface area contributed by atoms with Crippen LogP contribution < -0.4 is 14.8 Å². The van der Waals surface area contributed by atoms with Crippen LogP contribution in [-0.4, -0.2) is 46.7 Å². The van der Waals surface area contributed by atoms with Gasteiger partial charge in [-0.1, -0.05) is 11.6 Å². The van der Waals surface area contributed by atoms with Crippen LogP contribution in [0.1, 0.15) is 12.0 Å². The predicted molar refractivity (Wildman–Crippen MR) is 81.4 cm³/mol. The highest BCUT2D eigenvalue weighted by Gasteiger charge is 2.15. The molecule has 21 heavy (non-hydrogen) atoms. The molecule has 6 heteroatoms. The van der Waals surface area contributed by atoms with E-state index >= 15 is 0 Å². The first-order valence-corrected chi connectivity index (χ1v) is 7.43. The van der Waals surface area contributed by atoms with Gasteiger partial charge in [0, 0.05) is 33.7 Å². The number of hydrogen-bond acceptors (Lipinski definition) is 5. The predicted octanol–water partition coefficient (Wildman–Crippen LogP) is 2.25. The van der Waals surface area contributed by atoms with Crippen LogP contribution in [0, 0.1) is 0 Å². The Morgan fingerprint density at radius 2 is 2.10 bits per heavy atom. The number of ether oxygens (including phenoxy) is 4. The minimum absolute atomic E-state index is 0.0332. The van der Waals surface area contributed by atoms with E-state index in [1.54, 1.807) is 14.2 Å². The number of methoxy groups -OCH3 is 2. The average molecular weight is 316 g/mol. The van der Waals surface area contributed by atoms with Crippen LogP contribution in [0.5, 0.6) is 11.5 Å².